The number of hydrogen-bond donors (Lipinski definition) is 1. The van der Waals surface area contributed by atoms with E-state index in [1.165, 1.54) is 29.7 Å². The van der Waals surface area contributed by atoms with E-state index in [0.717, 1.165) is 12.8 Å². The third-order valence-electron chi connectivity index (χ3n) is 4.74. The van der Waals surface area contributed by atoms with E-state index in [1.807, 2.05) is 0 Å². The molecule has 21 heavy (non-hydrogen) atoms. The maximum Gasteiger partial charge on any atom is 0.287 e. The predicted molar refractivity (Wildman–Crippen MR) is 77.1 cm³/mol. The van der Waals surface area contributed by atoms with Crippen LogP contribution in [0.4, 0.5) is 5.69 Å². The molecular weight excluding hydrogens is 272 g/mol. The highest BCUT2D eigenvalue weighted by Gasteiger charge is 2.37. The number of nitrogens with zero attached hydrogens (tertiary/aromatic N) is 3. The molecule has 1 amide bonds. The molecule has 0 saturated carbocycles. The molecule has 0 aliphatic carbocycles. The zero-order valence-corrected chi connectivity index (χ0v) is 12.3. The second kappa shape index (κ2) is 5.14. The van der Waals surface area contributed by atoms with Crippen LogP contribution in [0.2, 0.25) is 0 Å². The van der Waals surface area contributed by atoms with E-state index in [4.69, 9.17) is 0 Å². The molecule has 0 spiro atoms. The van der Waals surface area contributed by atoms with Gasteiger partial charge in [-0.1, -0.05) is 0 Å². The van der Waals surface area contributed by atoms with Crippen molar-refractivity contribution in [2.45, 2.75) is 43.8 Å². The summed E-state index contributed by atoms with van der Waals surface area (Å²) in [5, 5.41) is 14.4. The van der Waals surface area contributed by atoms with Crippen molar-refractivity contribution >= 4 is 11.6 Å². The molecule has 7 nitrogen and oxygen atoms in total. The van der Waals surface area contributed by atoms with E-state index in [-0.39, 0.29) is 17.6 Å². The summed E-state index contributed by atoms with van der Waals surface area (Å²) in [6.45, 7) is 0. The average molecular weight is 292 g/mol. The van der Waals surface area contributed by atoms with Crippen LogP contribution in [0.3, 0.4) is 0 Å². The van der Waals surface area contributed by atoms with E-state index in [9.17, 15) is 14.9 Å². The summed E-state index contributed by atoms with van der Waals surface area (Å²) in [5.74, 6) is -0.142. The molecule has 2 aliphatic rings. The fraction of sp³-hybridized carbons (Fsp3) is 0.643. The maximum absolute atomic E-state index is 12.6. The molecule has 2 bridgehead atoms. The van der Waals surface area contributed by atoms with Gasteiger partial charge in [-0.25, -0.2) is 0 Å². The average Bonchev–Trinajstić information content (AvgIpc) is 3.00. The quantitative estimate of drug-likeness (QED) is 0.672. The van der Waals surface area contributed by atoms with Crippen LogP contribution in [0.5, 0.6) is 0 Å². The van der Waals surface area contributed by atoms with Gasteiger partial charge < -0.3 is 14.8 Å². The number of fused-ring (bicyclic) bond motifs is 2. The van der Waals surface area contributed by atoms with Gasteiger partial charge in [0.1, 0.15) is 5.69 Å². The molecule has 3 heterocycles. The molecule has 1 aromatic rings. The standard InChI is InChI=1S/C14H20N4O3/c1-16-8-12(18(20)21)7-13(16)14(19)17(2)11-5-9-3-4-10(6-11)15-9/h7-11,15H,3-6H2,1-2H3. The minimum atomic E-state index is -0.471. The summed E-state index contributed by atoms with van der Waals surface area (Å²) in [4.78, 5) is 24.7. The third kappa shape index (κ3) is 2.53. The highest BCUT2D eigenvalue weighted by atomic mass is 16.6. The van der Waals surface area contributed by atoms with Gasteiger partial charge in [0, 0.05) is 38.3 Å². The molecule has 1 N–H and O–H groups in total. The first-order valence-corrected chi connectivity index (χ1v) is 7.29. The molecule has 1 aromatic heterocycles. The summed E-state index contributed by atoms with van der Waals surface area (Å²) in [6, 6.07) is 2.58. The Morgan fingerprint density at radius 3 is 2.57 bits per heavy atom. The minimum absolute atomic E-state index is 0.0420. The molecule has 2 atom stereocenters. The minimum Gasteiger partial charge on any atom is -0.340 e. The van der Waals surface area contributed by atoms with E-state index in [1.54, 1.807) is 19.0 Å². The number of aromatic nitrogens is 1. The first-order valence-electron chi connectivity index (χ1n) is 7.29. The molecule has 0 radical (unpaired) electrons. The van der Waals surface area contributed by atoms with Crippen LogP contribution in [0.25, 0.3) is 0 Å². The van der Waals surface area contributed by atoms with Crippen molar-refractivity contribution in [1.29, 1.82) is 0 Å². The largest absolute Gasteiger partial charge is 0.340 e. The van der Waals surface area contributed by atoms with Crippen molar-refractivity contribution in [3.8, 4) is 0 Å². The summed E-state index contributed by atoms with van der Waals surface area (Å²) < 4.78 is 1.53. The number of carbonyl (C=O) groups is 1. The van der Waals surface area contributed by atoms with Gasteiger partial charge in [0.2, 0.25) is 0 Å². The molecule has 0 aromatic carbocycles. The SMILES string of the molecule is CN(C(=O)c1cc([N+](=O)[O-])cn1C)C1CC2CCC(C1)N2. The van der Waals surface area contributed by atoms with E-state index in [0.29, 0.717) is 17.8 Å². The van der Waals surface area contributed by atoms with Crippen LogP contribution >= 0.6 is 0 Å². The molecule has 3 rings (SSSR count). The Balaban J connectivity index is 1.76. The van der Waals surface area contributed by atoms with E-state index in [2.05, 4.69) is 5.32 Å². The maximum atomic E-state index is 12.6. The van der Waals surface area contributed by atoms with Crippen LogP contribution in [0, 0.1) is 10.1 Å². The number of nitro groups is 1. The number of rotatable bonds is 3. The summed E-state index contributed by atoms with van der Waals surface area (Å²) >= 11 is 0. The van der Waals surface area contributed by atoms with Crippen molar-refractivity contribution < 1.29 is 9.72 Å². The highest BCUT2D eigenvalue weighted by molar-refractivity contribution is 5.93. The molecule has 2 aliphatic heterocycles. The smallest absolute Gasteiger partial charge is 0.287 e. The lowest BCUT2D eigenvalue weighted by Gasteiger charge is -2.35. The van der Waals surface area contributed by atoms with Gasteiger partial charge >= 0.3 is 0 Å². The van der Waals surface area contributed by atoms with Crippen molar-refractivity contribution in [2.24, 2.45) is 7.05 Å². The summed E-state index contributed by atoms with van der Waals surface area (Å²) in [6.07, 6.45) is 5.67. The normalized spacial score (nSPS) is 27.6. The Morgan fingerprint density at radius 2 is 2.05 bits per heavy atom. The van der Waals surface area contributed by atoms with Gasteiger partial charge in [-0.3, -0.25) is 14.9 Å². The van der Waals surface area contributed by atoms with Crippen LogP contribution in [0.1, 0.15) is 36.2 Å². The second-order valence-corrected chi connectivity index (χ2v) is 6.13. The summed E-state index contributed by atoms with van der Waals surface area (Å²) in [5.41, 5.74) is 0.328. The van der Waals surface area contributed by atoms with E-state index >= 15 is 0 Å². The van der Waals surface area contributed by atoms with Crippen LogP contribution < -0.4 is 5.32 Å². The van der Waals surface area contributed by atoms with E-state index < -0.39 is 4.92 Å². The first-order chi connectivity index (χ1) is 9.95. The lowest BCUT2D eigenvalue weighted by Crippen LogP contribution is -2.49. The molecule has 2 fully saturated rings. The second-order valence-electron chi connectivity index (χ2n) is 6.13. The van der Waals surface area contributed by atoms with Crippen LogP contribution in [0.15, 0.2) is 12.3 Å². The van der Waals surface area contributed by atoms with Crippen LogP contribution in [-0.4, -0.2) is 45.5 Å². The number of nitrogens with one attached hydrogen (secondary N) is 1. The highest BCUT2D eigenvalue weighted by Crippen LogP contribution is 2.30. The molecule has 114 valence electrons. The number of hydrogen-bond acceptors (Lipinski definition) is 4. The topological polar surface area (TPSA) is 80.4 Å². The number of amides is 1. The third-order valence-corrected chi connectivity index (χ3v) is 4.74. The van der Waals surface area contributed by atoms with Gasteiger partial charge in [-0.05, 0) is 25.7 Å². The predicted octanol–water partition coefficient (Wildman–Crippen LogP) is 1.29. The Bertz CT molecular complexity index is 571. The van der Waals surface area contributed by atoms with Crippen LogP contribution in [-0.2, 0) is 7.05 Å². The zero-order valence-electron chi connectivity index (χ0n) is 12.3. The van der Waals surface area contributed by atoms with Gasteiger partial charge in [0.05, 0.1) is 11.1 Å². The van der Waals surface area contributed by atoms with Gasteiger partial charge in [-0.15, -0.1) is 0 Å². The van der Waals surface area contributed by atoms with Crippen molar-refractivity contribution in [3.05, 3.63) is 28.1 Å². The Kier molecular flexibility index (Phi) is 3.44. The molecule has 7 heteroatoms. The van der Waals surface area contributed by atoms with Crippen molar-refractivity contribution in [2.75, 3.05) is 7.05 Å². The monoisotopic (exact) mass is 292 g/mol. The lowest BCUT2D eigenvalue weighted by atomic mass is 9.98. The number of aryl methyl sites for hydroxylation is 1. The van der Waals surface area contributed by atoms with Gasteiger partial charge in [0.25, 0.3) is 11.6 Å². The summed E-state index contributed by atoms with van der Waals surface area (Å²) in [7, 11) is 3.47. The van der Waals surface area contributed by atoms with Crippen molar-refractivity contribution in [3.63, 3.8) is 0 Å². The fourth-order valence-corrected chi connectivity index (χ4v) is 3.55. The van der Waals surface area contributed by atoms with Crippen molar-refractivity contribution in [1.82, 2.24) is 14.8 Å². The Hall–Kier alpha value is -1.89. The fourth-order valence-electron chi connectivity index (χ4n) is 3.55. The number of carbonyl (C=O) groups excluding carboxylic acids is 1. The zero-order chi connectivity index (χ0) is 15.1. The van der Waals surface area contributed by atoms with Gasteiger partial charge in [-0.2, -0.15) is 0 Å². The number of piperidine rings is 1. The van der Waals surface area contributed by atoms with Gasteiger partial charge in [0.15, 0.2) is 0 Å². The molecule has 2 saturated heterocycles. The lowest BCUT2D eigenvalue weighted by molar-refractivity contribution is -0.384. The molecule has 2 unspecified atom stereocenters. The Labute approximate surface area is 123 Å². The first kappa shape index (κ1) is 14.1. The molecular formula is C14H20N4O3. The Morgan fingerprint density at radius 1 is 1.43 bits per heavy atom.